The highest BCUT2D eigenvalue weighted by Gasteiger charge is 2.38. The Morgan fingerprint density at radius 3 is 2.67 bits per heavy atom. The number of non-ortho nitro benzene ring substituents is 1. The summed E-state index contributed by atoms with van der Waals surface area (Å²) in [5.41, 5.74) is 0.322. The first-order valence-corrected chi connectivity index (χ1v) is 8.89. The van der Waals surface area contributed by atoms with Gasteiger partial charge in [-0.2, -0.15) is 0 Å². The third-order valence-electron chi connectivity index (χ3n) is 5.26. The van der Waals surface area contributed by atoms with Crippen LogP contribution < -0.4 is 5.32 Å². The van der Waals surface area contributed by atoms with Crippen LogP contribution in [0.5, 0.6) is 0 Å². The van der Waals surface area contributed by atoms with Gasteiger partial charge in [0.2, 0.25) is 0 Å². The number of rotatable bonds is 5. The smallest absolute Gasteiger partial charge is 0.270 e. The van der Waals surface area contributed by atoms with E-state index >= 15 is 0 Å². The summed E-state index contributed by atoms with van der Waals surface area (Å²) in [7, 11) is 0. The molecule has 2 heterocycles. The lowest BCUT2D eigenvalue weighted by atomic mass is 9.81. The number of fused-ring (bicyclic) bond motifs is 2. The van der Waals surface area contributed by atoms with Crippen LogP contribution in [-0.4, -0.2) is 40.4 Å². The van der Waals surface area contributed by atoms with Crippen LogP contribution in [0.3, 0.4) is 0 Å². The molecule has 2 bridgehead atoms. The van der Waals surface area contributed by atoms with Crippen LogP contribution >= 0.6 is 0 Å². The van der Waals surface area contributed by atoms with Gasteiger partial charge in [-0.05, 0) is 44.7 Å². The highest BCUT2D eigenvalue weighted by atomic mass is 16.6. The lowest BCUT2D eigenvalue weighted by Gasteiger charge is -2.49. The van der Waals surface area contributed by atoms with E-state index in [4.69, 9.17) is 0 Å². The van der Waals surface area contributed by atoms with Gasteiger partial charge in [-0.25, -0.2) is 0 Å². The SMILES string of the molecule is CCCN1[C@@H]2CCC[C@H]1CC(NC(=O)c1cccc([N+](=O)[O-])c1)C2. The van der Waals surface area contributed by atoms with Crippen molar-refractivity contribution >= 4 is 11.6 Å². The third-order valence-corrected chi connectivity index (χ3v) is 5.26. The van der Waals surface area contributed by atoms with Gasteiger partial charge in [-0.1, -0.05) is 19.4 Å². The van der Waals surface area contributed by atoms with Crippen LogP contribution in [0.1, 0.15) is 55.8 Å². The van der Waals surface area contributed by atoms with Crippen LogP contribution in [0.25, 0.3) is 0 Å². The van der Waals surface area contributed by atoms with Crippen molar-refractivity contribution in [2.24, 2.45) is 0 Å². The molecule has 0 saturated carbocycles. The van der Waals surface area contributed by atoms with E-state index < -0.39 is 4.92 Å². The normalized spacial score (nSPS) is 26.8. The van der Waals surface area contributed by atoms with Gasteiger partial charge in [0.1, 0.15) is 0 Å². The van der Waals surface area contributed by atoms with Crippen LogP contribution in [0.15, 0.2) is 24.3 Å². The van der Waals surface area contributed by atoms with Gasteiger partial charge >= 0.3 is 0 Å². The molecule has 0 spiro atoms. The first kappa shape index (κ1) is 16.9. The van der Waals surface area contributed by atoms with E-state index in [1.165, 1.54) is 31.4 Å². The maximum absolute atomic E-state index is 12.5. The van der Waals surface area contributed by atoms with Crippen LogP contribution in [0, 0.1) is 10.1 Å². The van der Waals surface area contributed by atoms with E-state index in [1.54, 1.807) is 12.1 Å². The molecule has 1 unspecified atom stereocenters. The number of carbonyl (C=O) groups excluding carboxylic acids is 1. The lowest BCUT2D eigenvalue weighted by Crippen LogP contribution is -2.57. The number of hydrogen-bond donors (Lipinski definition) is 1. The molecule has 1 aromatic rings. The number of piperidine rings is 2. The largest absolute Gasteiger partial charge is 0.349 e. The Hall–Kier alpha value is -1.95. The molecule has 2 fully saturated rings. The van der Waals surface area contributed by atoms with E-state index in [0.717, 1.165) is 25.8 Å². The molecule has 6 heteroatoms. The fourth-order valence-corrected chi connectivity index (χ4v) is 4.25. The second-order valence-electron chi connectivity index (χ2n) is 6.93. The predicted molar refractivity (Wildman–Crippen MR) is 92.0 cm³/mol. The zero-order valence-electron chi connectivity index (χ0n) is 14.1. The van der Waals surface area contributed by atoms with Gasteiger partial charge in [0, 0.05) is 35.8 Å². The molecule has 1 amide bonds. The molecule has 0 radical (unpaired) electrons. The van der Waals surface area contributed by atoms with Crippen molar-refractivity contribution in [2.45, 2.75) is 63.6 Å². The van der Waals surface area contributed by atoms with Crippen molar-refractivity contribution in [2.75, 3.05) is 6.54 Å². The molecule has 3 atom stereocenters. The Labute approximate surface area is 142 Å². The van der Waals surface area contributed by atoms with Crippen LogP contribution in [0.4, 0.5) is 5.69 Å². The van der Waals surface area contributed by atoms with Gasteiger partial charge in [0.05, 0.1) is 4.92 Å². The maximum Gasteiger partial charge on any atom is 0.270 e. The van der Waals surface area contributed by atoms with Gasteiger partial charge in [0.15, 0.2) is 0 Å². The van der Waals surface area contributed by atoms with E-state index in [2.05, 4.69) is 17.1 Å². The molecule has 3 rings (SSSR count). The highest BCUT2D eigenvalue weighted by Crippen LogP contribution is 2.34. The lowest BCUT2D eigenvalue weighted by molar-refractivity contribution is -0.384. The number of nitrogens with zero attached hydrogens (tertiary/aromatic N) is 2. The summed E-state index contributed by atoms with van der Waals surface area (Å²) in [5.74, 6) is -0.203. The fraction of sp³-hybridized carbons (Fsp3) is 0.611. The van der Waals surface area contributed by atoms with Crippen molar-refractivity contribution in [3.05, 3.63) is 39.9 Å². The Balaban J connectivity index is 1.65. The second kappa shape index (κ2) is 7.30. The quantitative estimate of drug-likeness (QED) is 0.664. The number of carbonyl (C=O) groups is 1. The Kier molecular flexibility index (Phi) is 5.14. The average molecular weight is 331 g/mol. The molecule has 6 nitrogen and oxygen atoms in total. The third kappa shape index (κ3) is 3.59. The summed E-state index contributed by atoms with van der Waals surface area (Å²) in [5, 5.41) is 14.0. The zero-order valence-corrected chi connectivity index (χ0v) is 14.1. The molecule has 24 heavy (non-hydrogen) atoms. The minimum atomic E-state index is -0.468. The Morgan fingerprint density at radius 2 is 2.04 bits per heavy atom. The number of amides is 1. The average Bonchev–Trinajstić information content (AvgIpc) is 2.55. The van der Waals surface area contributed by atoms with Crippen molar-refractivity contribution in [1.29, 1.82) is 0 Å². The molecule has 1 aromatic carbocycles. The first-order chi connectivity index (χ1) is 11.6. The number of nitro groups is 1. The number of hydrogen-bond acceptors (Lipinski definition) is 4. The molecule has 0 aliphatic carbocycles. The molecule has 130 valence electrons. The van der Waals surface area contributed by atoms with Gasteiger partial charge in [0.25, 0.3) is 11.6 Å². The molecular formula is C18H25N3O3. The summed E-state index contributed by atoms with van der Waals surface area (Å²) in [6.45, 7) is 3.35. The maximum atomic E-state index is 12.5. The molecule has 0 aromatic heterocycles. The van der Waals surface area contributed by atoms with Crippen LogP contribution in [-0.2, 0) is 0 Å². The van der Waals surface area contributed by atoms with Crippen molar-refractivity contribution in [3.8, 4) is 0 Å². The summed E-state index contributed by atoms with van der Waals surface area (Å²) >= 11 is 0. The standard InChI is InChI=1S/C18H25N3O3/c1-2-9-20-15-6-4-7-16(20)12-14(11-15)19-18(22)13-5-3-8-17(10-13)21(23)24/h3,5,8,10,14-16H,2,4,6-7,9,11-12H2,1H3,(H,19,22)/t14?,15-,16+. The minimum absolute atomic E-state index is 0.0442. The summed E-state index contributed by atoms with van der Waals surface area (Å²) in [6.07, 6.45) is 6.83. The minimum Gasteiger partial charge on any atom is -0.349 e. The predicted octanol–water partition coefficient (Wildman–Crippen LogP) is 3.12. The van der Waals surface area contributed by atoms with E-state index in [-0.39, 0.29) is 17.6 Å². The summed E-state index contributed by atoms with van der Waals surface area (Å²) in [6, 6.07) is 7.24. The number of nitro benzene ring substituents is 1. The molecule has 2 saturated heterocycles. The first-order valence-electron chi connectivity index (χ1n) is 8.89. The van der Waals surface area contributed by atoms with Gasteiger partial charge in [-0.3, -0.25) is 19.8 Å². The van der Waals surface area contributed by atoms with Crippen molar-refractivity contribution in [1.82, 2.24) is 10.2 Å². The highest BCUT2D eigenvalue weighted by molar-refractivity contribution is 5.95. The Bertz CT molecular complexity index is 605. The molecule has 2 aliphatic rings. The Morgan fingerprint density at radius 1 is 1.33 bits per heavy atom. The fourth-order valence-electron chi connectivity index (χ4n) is 4.25. The summed E-state index contributed by atoms with van der Waals surface area (Å²) < 4.78 is 0. The molecule has 2 aliphatic heterocycles. The van der Waals surface area contributed by atoms with Crippen molar-refractivity contribution < 1.29 is 9.72 Å². The monoisotopic (exact) mass is 331 g/mol. The van der Waals surface area contributed by atoms with E-state index in [0.29, 0.717) is 17.6 Å². The summed E-state index contributed by atoms with van der Waals surface area (Å²) in [4.78, 5) is 25.5. The van der Waals surface area contributed by atoms with Crippen LogP contribution in [0.2, 0.25) is 0 Å². The second-order valence-corrected chi connectivity index (χ2v) is 6.93. The molecular weight excluding hydrogens is 306 g/mol. The topological polar surface area (TPSA) is 75.5 Å². The van der Waals surface area contributed by atoms with E-state index in [1.807, 2.05) is 0 Å². The van der Waals surface area contributed by atoms with Gasteiger partial charge in [-0.15, -0.1) is 0 Å². The number of nitrogens with one attached hydrogen (secondary N) is 1. The van der Waals surface area contributed by atoms with Crippen molar-refractivity contribution in [3.63, 3.8) is 0 Å². The van der Waals surface area contributed by atoms with E-state index in [9.17, 15) is 14.9 Å². The van der Waals surface area contributed by atoms with Gasteiger partial charge < -0.3 is 5.32 Å². The zero-order chi connectivity index (χ0) is 17.1. The molecule has 1 N–H and O–H groups in total. The number of benzene rings is 1.